The molecule has 1 amide bonds. The number of nitrogens with zero attached hydrogens (tertiary/aromatic N) is 2. The van der Waals surface area contributed by atoms with Crippen LogP contribution in [0.4, 0.5) is 5.69 Å². The van der Waals surface area contributed by atoms with Gasteiger partial charge in [-0.15, -0.1) is 0 Å². The van der Waals surface area contributed by atoms with E-state index in [1.54, 1.807) is 18.2 Å². The van der Waals surface area contributed by atoms with E-state index >= 15 is 0 Å². The Morgan fingerprint density at radius 3 is 2.43 bits per heavy atom. The molecule has 4 rings (SSSR count). The number of nitrogens with one attached hydrogen (secondary N) is 1. The number of anilines is 1. The molecule has 1 aromatic heterocycles. The number of hydrogen-bond acceptors (Lipinski definition) is 6. The monoisotopic (exact) mass is 487 g/mol. The van der Waals surface area contributed by atoms with Crippen molar-refractivity contribution < 1.29 is 14.6 Å². The molecule has 4 aromatic rings. The summed E-state index contributed by atoms with van der Waals surface area (Å²) in [5.41, 5.74) is 2.90. The minimum Gasteiger partial charge on any atom is -0.495 e. The van der Waals surface area contributed by atoms with Crippen LogP contribution in [0.5, 0.6) is 11.6 Å². The maximum absolute atomic E-state index is 13.6. The number of amides is 1. The summed E-state index contributed by atoms with van der Waals surface area (Å²) in [6.07, 6.45) is 0.240. The third-order valence-electron chi connectivity index (χ3n) is 5.35. The predicted octanol–water partition coefficient (Wildman–Crippen LogP) is 4.58. The molecule has 7 nitrogen and oxygen atoms in total. The highest BCUT2D eigenvalue weighted by molar-refractivity contribution is 7.99. The lowest BCUT2D eigenvalue weighted by Gasteiger charge is -2.15. The van der Waals surface area contributed by atoms with Crippen LogP contribution in [-0.2, 0) is 11.2 Å². The van der Waals surface area contributed by atoms with Gasteiger partial charge in [-0.05, 0) is 36.8 Å². The lowest BCUT2D eigenvalue weighted by Crippen LogP contribution is -2.26. The van der Waals surface area contributed by atoms with Crippen molar-refractivity contribution in [2.24, 2.45) is 0 Å². The third-order valence-corrected chi connectivity index (χ3v) is 6.29. The average Bonchev–Trinajstić information content (AvgIpc) is 2.87. The van der Waals surface area contributed by atoms with Crippen molar-refractivity contribution in [3.8, 4) is 17.3 Å². The molecule has 35 heavy (non-hydrogen) atoms. The van der Waals surface area contributed by atoms with E-state index in [-0.39, 0.29) is 40.2 Å². The minimum absolute atomic E-state index is 0.0200. The minimum atomic E-state index is -0.377. The number of aryl methyl sites for hydroxylation is 1. The highest BCUT2D eigenvalue weighted by atomic mass is 32.2. The van der Waals surface area contributed by atoms with Crippen molar-refractivity contribution in [1.82, 2.24) is 9.55 Å². The number of rotatable bonds is 8. The van der Waals surface area contributed by atoms with Crippen molar-refractivity contribution in [1.29, 1.82) is 0 Å². The molecule has 0 saturated carbocycles. The first kappa shape index (κ1) is 24.1. The van der Waals surface area contributed by atoms with E-state index in [0.717, 1.165) is 22.9 Å². The second-order valence-corrected chi connectivity index (χ2v) is 8.81. The Hall–Kier alpha value is -4.04. The lowest BCUT2D eigenvalue weighted by atomic mass is 10.1. The summed E-state index contributed by atoms with van der Waals surface area (Å²) in [5.74, 6) is -0.108. The summed E-state index contributed by atoms with van der Waals surface area (Å²) in [5, 5.41) is 13.7. The number of carbonyl (C=O) groups excluding carboxylic acids is 1. The van der Waals surface area contributed by atoms with Crippen LogP contribution in [0.2, 0.25) is 0 Å². The van der Waals surface area contributed by atoms with Gasteiger partial charge in [-0.2, -0.15) is 4.98 Å². The molecule has 0 aliphatic rings. The van der Waals surface area contributed by atoms with Gasteiger partial charge in [0.25, 0.3) is 5.56 Å². The molecule has 0 radical (unpaired) electrons. The van der Waals surface area contributed by atoms with Crippen molar-refractivity contribution >= 4 is 23.4 Å². The van der Waals surface area contributed by atoms with Crippen LogP contribution in [0, 0.1) is 6.92 Å². The standard InChI is InChI=1S/C27H25N3O4S/c1-18-12-14-20(15-13-18)30-26(33)21(16-19-8-4-3-5-9-19)25(32)29-27(30)35-17-24(31)28-22-10-6-7-11-23(22)34-2/h3-15,32H,16-17H2,1-2H3,(H,28,31). The summed E-state index contributed by atoms with van der Waals surface area (Å²) in [7, 11) is 1.53. The third kappa shape index (κ3) is 5.73. The van der Waals surface area contributed by atoms with Crippen molar-refractivity contribution in [2.45, 2.75) is 18.5 Å². The highest BCUT2D eigenvalue weighted by Crippen LogP contribution is 2.26. The van der Waals surface area contributed by atoms with Gasteiger partial charge in [-0.1, -0.05) is 71.9 Å². The summed E-state index contributed by atoms with van der Waals surface area (Å²) in [6.45, 7) is 1.96. The number of benzene rings is 3. The van der Waals surface area contributed by atoms with Gasteiger partial charge in [0.1, 0.15) is 5.75 Å². The van der Waals surface area contributed by atoms with Crippen LogP contribution in [-0.4, -0.2) is 33.4 Å². The van der Waals surface area contributed by atoms with Gasteiger partial charge in [-0.3, -0.25) is 14.2 Å². The van der Waals surface area contributed by atoms with Crippen LogP contribution >= 0.6 is 11.8 Å². The number of hydrogen-bond donors (Lipinski definition) is 2. The van der Waals surface area contributed by atoms with E-state index in [1.165, 1.54) is 11.7 Å². The number of ether oxygens (including phenoxy) is 1. The maximum atomic E-state index is 13.6. The van der Waals surface area contributed by atoms with Crippen molar-refractivity contribution in [3.63, 3.8) is 0 Å². The van der Waals surface area contributed by atoms with E-state index in [4.69, 9.17) is 4.74 Å². The van der Waals surface area contributed by atoms with E-state index in [0.29, 0.717) is 17.1 Å². The number of para-hydroxylation sites is 2. The first-order chi connectivity index (χ1) is 17.0. The van der Waals surface area contributed by atoms with Crippen LogP contribution < -0.4 is 15.6 Å². The highest BCUT2D eigenvalue weighted by Gasteiger charge is 2.19. The van der Waals surface area contributed by atoms with Gasteiger partial charge >= 0.3 is 0 Å². The first-order valence-electron chi connectivity index (χ1n) is 11.0. The van der Waals surface area contributed by atoms with Gasteiger partial charge in [0.15, 0.2) is 5.16 Å². The molecule has 0 aliphatic carbocycles. The Balaban J connectivity index is 1.66. The van der Waals surface area contributed by atoms with Gasteiger partial charge < -0.3 is 15.2 Å². The Morgan fingerprint density at radius 2 is 1.71 bits per heavy atom. The number of carbonyl (C=O) groups is 1. The number of aromatic hydroxyl groups is 1. The topological polar surface area (TPSA) is 93.5 Å². The van der Waals surface area contributed by atoms with Gasteiger partial charge in [0.2, 0.25) is 11.8 Å². The molecule has 8 heteroatoms. The molecule has 3 aromatic carbocycles. The molecule has 0 saturated heterocycles. The summed E-state index contributed by atoms with van der Waals surface area (Å²) in [6, 6.07) is 24.0. The fourth-order valence-electron chi connectivity index (χ4n) is 3.56. The SMILES string of the molecule is COc1ccccc1NC(=O)CSc1nc(O)c(Cc2ccccc2)c(=O)n1-c1ccc(C)cc1. The smallest absolute Gasteiger partial charge is 0.266 e. The second-order valence-electron chi connectivity index (χ2n) is 7.87. The Labute approximate surface area is 207 Å². The predicted molar refractivity (Wildman–Crippen MR) is 138 cm³/mol. The zero-order valence-electron chi connectivity index (χ0n) is 19.4. The first-order valence-corrected chi connectivity index (χ1v) is 12.0. The Morgan fingerprint density at radius 1 is 1.03 bits per heavy atom. The number of methoxy groups -OCH3 is 1. The van der Waals surface area contributed by atoms with E-state index in [9.17, 15) is 14.7 Å². The second kappa shape index (κ2) is 10.9. The van der Waals surface area contributed by atoms with Gasteiger partial charge in [-0.25, -0.2) is 0 Å². The molecule has 1 heterocycles. The molecular weight excluding hydrogens is 462 g/mol. The molecule has 0 unspecified atom stereocenters. The van der Waals surface area contributed by atoms with Crippen LogP contribution in [0.25, 0.3) is 5.69 Å². The summed E-state index contributed by atoms with van der Waals surface area (Å²) in [4.78, 5) is 30.5. The van der Waals surface area contributed by atoms with E-state index < -0.39 is 0 Å². The molecule has 0 fully saturated rings. The fourth-order valence-corrected chi connectivity index (χ4v) is 4.36. The fraction of sp³-hybridized carbons (Fsp3) is 0.148. The summed E-state index contributed by atoms with van der Waals surface area (Å²) < 4.78 is 6.72. The molecule has 0 aliphatic heterocycles. The Bertz CT molecular complexity index is 1390. The molecule has 2 N–H and O–H groups in total. The number of aromatic nitrogens is 2. The van der Waals surface area contributed by atoms with E-state index in [1.807, 2.05) is 67.6 Å². The molecule has 0 bridgehead atoms. The molecule has 0 atom stereocenters. The van der Waals surface area contributed by atoms with E-state index in [2.05, 4.69) is 10.3 Å². The lowest BCUT2D eigenvalue weighted by molar-refractivity contribution is -0.113. The van der Waals surface area contributed by atoms with Crippen LogP contribution in [0.3, 0.4) is 0 Å². The quantitative estimate of drug-likeness (QED) is 0.279. The van der Waals surface area contributed by atoms with Gasteiger partial charge in [0, 0.05) is 6.42 Å². The molecule has 178 valence electrons. The molecule has 0 spiro atoms. The van der Waals surface area contributed by atoms with Crippen molar-refractivity contribution in [2.75, 3.05) is 18.2 Å². The maximum Gasteiger partial charge on any atom is 0.266 e. The zero-order chi connectivity index (χ0) is 24.8. The summed E-state index contributed by atoms with van der Waals surface area (Å²) >= 11 is 1.07. The zero-order valence-corrected chi connectivity index (χ0v) is 20.2. The largest absolute Gasteiger partial charge is 0.495 e. The van der Waals surface area contributed by atoms with Gasteiger partial charge in [0.05, 0.1) is 29.8 Å². The molecular formula is C27H25N3O4S. The van der Waals surface area contributed by atoms with Crippen molar-refractivity contribution in [3.05, 3.63) is 106 Å². The Kier molecular flexibility index (Phi) is 7.52. The number of thioether (sulfide) groups is 1. The normalized spacial score (nSPS) is 10.7. The van der Waals surface area contributed by atoms with Crippen LogP contribution in [0.15, 0.2) is 88.8 Å². The average molecular weight is 488 g/mol. The van der Waals surface area contributed by atoms with Crippen LogP contribution in [0.1, 0.15) is 16.7 Å².